The molecule has 5 heteroatoms. The van der Waals surface area contributed by atoms with E-state index in [9.17, 15) is 0 Å². The van der Waals surface area contributed by atoms with E-state index in [0.29, 0.717) is 12.0 Å². The minimum Gasteiger partial charge on any atom is -0.382 e. The molecule has 2 aliphatic heterocycles. The molecule has 3 rings (SSSR count). The number of rotatable bonds is 0. The van der Waals surface area contributed by atoms with Gasteiger partial charge in [-0.15, -0.1) is 0 Å². The molecule has 2 unspecified atom stereocenters. The van der Waals surface area contributed by atoms with Crippen molar-refractivity contribution in [2.24, 2.45) is 5.92 Å². The average molecular weight is 270 g/mol. The lowest BCUT2D eigenvalue weighted by Crippen LogP contribution is -2.29. The number of anilines is 2. The number of nitrogens with zero attached hydrogens (tertiary/aromatic N) is 1. The molecular formula is C10H12BrN3O. The van der Waals surface area contributed by atoms with E-state index in [-0.39, 0.29) is 0 Å². The molecule has 1 aromatic rings. The number of hydrogen-bond acceptors (Lipinski definition) is 4. The Balaban J connectivity index is 1.93. The van der Waals surface area contributed by atoms with E-state index in [0.717, 1.165) is 35.7 Å². The number of hydrogen-bond donors (Lipinski definition) is 2. The average Bonchev–Trinajstić information content (AvgIpc) is 2.59. The maximum atomic E-state index is 5.45. The van der Waals surface area contributed by atoms with Gasteiger partial charge in [-0.1, -0.05) is 0 Å². The zero-order valence-corrected chi connectivity index (χ0v) is 9.75. The van der Waals surface area contributed by atoms with E-state index in [2.05, 4.69) is 37.6 Å². The molecule has 2 atom stereocenters. The molecule has 0 aromatic carbocycles. The topological polar surface area (TPSA) is 46.2 Å². The van der Waals surface area contributed by atoms with Gasteiger partial charge in [0.05, 0.1) is 24.9 Å². The first-order valence-electron chi connectivity index (χ1n) is 5.06. The highest BCUT2D eigenvalue weighted by Crippen LogP contribution is 2.29. The van der Waals surface area contributed by atoms with Crippen molar-refractivity contribution < 1.29 is 4.74 Å². The Morgan fingerprint density at radius 2 is 2.40 bits per heavy atom. The van der Waals surface area contributed by atoms with Crippen LogP contribution in [0.4, 0.5) is 11.5 Å². The number of fused-ring (bicyclic) bond motifs is 2. The Hall–Kier alpha value is -0.810. The fourth-order valence-electron chi connectivity index (χ4n) is 2.07. The molecule has 0 radical (unpaired) electrons. The zero-order chi connectivity index (χ0) is 10.3. The Kier molecular flexibility index (Phi) is 2.29. The summed E-state index contributed by atoms with van der Waals surface area (Å²) in [4.78, 5) is 4.36. The van der Waals surface area contributed by atoms with Gasteiger partial charge in [0.1, 0.15) is 5.82 Å². The first-order chi connectivity index (χ1) is 7.33. The quantitative estimate of drug-likeness (QED) is 0.753. The molecule has 0 amide bonds. The summed E-state index contributed by atoms with van der Waals surface area (Å²) in [5, 5.41) is 6.83. The first kappa shape index (κ1) is 9.42. The van der Waals surface area contributed by atoms with E-state index in [1.807, 2.05) is 6.20 Å². The molecule has 2 aliphatic rings. The van der Waals surface area contributed by atoms with Crippen molar-refractivity contribution in [3.63, 3.8) is 0 Å². The Bertz CT molecular complexity index is 385. The second kappa shape index (κ2) is 3.64. The fraction of sp³-hybridized carbons (Fsp3) is 0.500. The van der Waals surface area contributed by atoms with Gasteiger partial charge in [0.25, 0.3) is 0 Å². The van der Waals surface area contributed by atoms with Crippen LogP contribution in [0.5, 0.6) is 0 Å². The summed E-state index contributed by atoms with van der Waals surface area (Å²) in [5.41, 5.74) is 1.07. The number of aromatic nitrogens is 1. The molecular weight excluding hydrogens is 258 g/mol. The van der Waals surface area contributed by atoms with Crippen molar-refractivity contribution in [1.29, 1.82) is 0 Å². The van der Waals surface area contributed by atoms with E-state index in [1.165, 1.54) is 0 Å². The van der Waals surface area contributed by atoms with E-state index in [1.54, 1.807) is 0 Å². The van der Waals surface area contributed by atoms with Crippen molar-refractivity contribution in [2.75, 3.05) is 30.4 Å². The number of halogens is 1. The van der Waals surface area contributed by atoms with Gasteiger partial charge in [-0.2, -0.15) is 0 Å². The normalized spacial score (nSPS) is 28.3. The Morgan fingerprint density at radius 3 is 3.33 bits per heavy atom. The van der Waals surface area contributed by atoms with Crippen LogP contribution in [-0.2, 0) is 4.74 Å². The molecule has 1 aromatic heterocycles. The monoisotopic (exact) mass is 269 g/mol. The van der Waals surface area contributed by atoms with Gasteiger partial charge in [0.2, 0.25) is 0 Å². The van der Waals surface area contributed by atoms with Crippen LogP contribution in [0.2, 0.25) is 0 Å². The Labute approximate surface area is 96.5 Å². The van der Waals surface area contributed by atoms with Gasteiger partial charge >= 0.3 is 0 Å². The summed E-state index contributed by atoms with van der Waals surface area (Å²) in [6.45, 7) is 2.56. The summed E-state index contributed by atoms with van der Waals surface area (Å²) in [6.07, 6.45) is 1.81. The van der Waals surface area contributed by atoms with Crippen LogP contribution in [0.3, 0.4) is 0 Å². The number of nitrogens with one attached hydrogen (secondary N) is 2. The minimum atomic E-state index is 0.396. The highest BCUT2D eigenvalue weighted by Gasteiger charge is 2.31. The first-order valence-corrected chi connectivity index (χ1v) is 5.86. The van der Waals surface area contributed by atoms with Crippen LogP contribution < -0.4 is 10.6 Å². The molecule has 0 aliphatic carbocycles. The standard InChI is InChI=1S/C10H12BrN3O/c11-7-1-8-10(13-3-7)14-9-5-15-4-6(9)2-12-8/h1,3,6,9,12H,2,4-5H2,(H,13,14). The molecule has 80 valence electrons. The predicted octanol–water partition coefficient (Wildman–Crippen LogP) is 1.70. The molecule has 0 saturated carbocycles. The molecule has 0 bridgehead atoms. The predicted molar refractivity (Wildman–Crippen MR) is 62.1 cm³/mol. The minimum absolute atomic E-state index is 0.396. The summed E-state index contributed by atoms with van der Waals surface area (Å²) in [6, 6.07) is 2.45. The molecule has 15 heavy (non-hydrogen) atoms. The van der Waals surface area contributed by atoms with Gasteiger partial charge in [-0.25, -0.2) is 4.98 Å². The van der Waals surface area contributed by atoms with Crippen LogP contribution >= 0.6 is 15.9 Å². The molecule has 1 fully saturated rings. The summed E-state index contributed by atoms with van der Waals surface area (Å²) >= 11 is 3.42. The third kappa shape index (κ3) is 1.70. The maximum Gasteiger partial charge on any atom is 0.149 e. The van der Waals surface area contributed by atoms with Crippen LogP contribution in [-0.4, -0.2) is 30.8 Å². The van der Waals surface area contributed by atoms with Crippen LogP contribution in [0.25, 0.3) is 0 Å². The van der Waals surface area contributed by atoms with Crippen molar-refractivity contribution in [3.05, 3.63) is 16.7 Å². The zero-order valence-electron chi connectivity index (χ0n) is 8.16. The van der Waals surface area contributed by atoms with E-state index in [4.69, 9.17) is 4.74 Å². The molecule has 3 heterocycles. The van der Waals surface area contributed by atoms with Crippen molar-refractivity contribution in [1.82, 2.24) is 4.98 Å². The lowest BCUT2D eigenvalue weighted by Gasteiger charge is -2.14. The number of pyridine rings is 1. The van der Waals surface area contributed by atoms with Crippen LogP contribution in [0.1, 0.15) is 0 Å². The highest BCUT2D eigenvalue weighted by molar-refractivity contribution is 9.10. The summed E-state index contributed by atoms with van der Waals surface area (Å²) < 4.78 is 6.45. The third-order valence-corrected chi connectivity index (χ3v) is 3.36. The van der Waals surface area contributed by atoms with Crippen molar-refractivity contribution in [3.8, 4) is 0 Å². The summed E-state index contributed by atoms with van der Waals surface area (Å²) in [5.74, 6) is 1.47. The van der Waals surface area contributed by atoms with Crippen LogP contribution in [0, 0.1) is 5.92 Å². The second-order valence-electron chi connectivity index (χ2n) is 3.98. The second-order valence-corrected chi connectivity index (χ2v) is 4.89. The molecule has 0 spiro atoms. The summed E-state index contributed by atoms with van der Waals surface area (Å²) in [7, 11) is 0. The van der Waals surface area contributed by atoms with E-state index >= 15 is 0 Å². The number of ether oxygens (including phenoxy) is 1. The molecule has 4 nitrogen and oxygen atoms in total. The molecule has 1 saturated heterocycles. The maximum absolute atomic E-state index is 5.45. The lowest BCUT2D eigenvalue weighted by molar-refractivity contribution is 0.186. The molecule has 2 N–H and O–H groups in total. The van der Waals surface area contributed by atoms with Crippen molar-refractivity contribution >= 4 is 27.4 Å². The van der Waals surface area contributed by atoms with Gasteiger partial charge < -0.3 is 15.4 Å². The van der Waals surface area contributed by atoms with Gasteiger partial charge in [0, 0.05) is 23.1 Å². The fourth-order valence-corrected chi connectivity index (χ4v) is 2.40. The van der Waals surface area contributed by atoms with Gasteiger partial charge in [0.15, 0.2) is 0 Å². The van der Waals surface area contributed by atoms with Gasteiger partial charge in [-0.05, 0) is 22.0 Å². The lowest BCUT2D eigenvalue weighted by atomic mass is 10.1. The van der Waals surface area contributed by atoms with Crippen LogP contribution in [0.15, 0.2) is 16.7 Å². The largest absolute Gasteiger partial charge is 0.382 e. The van der Waals surface area contributed by atoms with Crippen molar-refractivity contribution in [2.45, 2.75) is 6.04 Å². The SMILES string of the molecule is Brc1cnc2c(c1)NCC1COCC1N2. The smallest absolute Gasteiger partial charge is 0.149 e. The van der Waals surface area contributed by atoms with Gasteiger partial charge in [-0.3, -0.25) is 0 Å². The van der Waals surface area contributed by atoms with E-state index < -0.39 is 0 Å². The Morgan fingerprint density at radius 1 is 1.47 bits per heavy atom. The highest BCUT2D eigenvalue weighted by atomic mass is 79.9. The third-order valence-electron chi connectivity index (χ3n) is 2.93.